The van der Waals surface area contributed by atoms with Crippen LogP contribution < -0.4 is 0 Å². The molecule has 0 aromatic heterocycles. The van der Waals surface area contributed by atoms with Gasteiger partial charge in [-0.15, -0.1) is 0 Å². The molecular weight excluding hydrogens is 176 g/mol. The largest absolute Gasteiger partial charge is 0.295 e. The molecule has 0 amide bonds. The molecule has 0 atom stereocenters. The van der Waals surface area contributed by atoms with Crippen molar-refractivity contribution in [2.75, 3.05) is 0 Å². The summed E-state index contributed by atoms with van der Waals surface area (Å²) in [6.45, 7) is 8.90. The summed E-state index contributed by atoms with van der Waals surface area (Å²) in [6, 6.07) is 0. The van der Waals surface area contributed by atoms with Gasteiger partial charge in [-0.1, -0.05) is 18.6 Å². The number of carbonyl (C=O) groups is 2. The standard InChI is InChI=1S/2C6H10O/c1-5(2)4-6(3)7;1-3-4-5-6(2)7/h4H,1-3H3;4-5H,3H2,1-2H3. The van der Waals surface area contributed by atoms with E-state index in [9.17, 15) is 9.59 Å². The Balaban J connectivity index is 0. The van der Waals surface area contributed by atoms with Crippen LogP contribution in [0.15, 0.2) is 23.8 Å². The maximum absolute atomic E-state index is 10.2. The SMILES string of the molecule is CC(=O)C=C(C)C.CCC=CC(C)=O. The lowest BCUT2D eigenvalue weighted by Crippen LogP contribution is -1.80. The van der Waals surface area contributed by atoms with Gasteiger partial charge in [0.15, 0.2) is 11.6 Å². The molecule has 0 aromatic carbocycles. The average molecular weight is 196 g/mol. The van der Waals surface area contributed by atoms with E-state index in [0.717, 1.165) is 12.0 Å². The fraction of sp³-hybridized carbons (Fsp3) is 0.500. The molecule has 0 fully saturated rings. The van der Waals surface area contributed by atoms with E-state index in [0.29, 0.717) is 0 Å². The molecular formula is C12H20O2. The quantitative estimate of drug-likeness (QED) is 0.650. The molecule has 80 valence electrons. The normalized spacial score (nSPS) is 8.93. The maximum Gasteiger partial charge on any atom is 0.152 e. The summed E-state index contributed by atoms with van der Waals surface area (Å²) in [5.41, 5.74) is 1.06. The molecule has 0 aliphatic heterocycles. The Morgan fingerprint density at radius 2 is 1.50 bits per heavy atom. The van der Waals surface area contributed by atoms with Crippen molar-refractivity contribution in [1.29, 1.82) is 0 Å². The van der Waals surface area contributed by atoms with E-state index in [4.69, 9.17) is 0 Å². The van der Waals surface area contributed by atoms with Crippen LogP contribution in [0.25, 0.3) is 0 Å². The molecule has 0 saturated heterocycles. The summed E-state index contributed by atoms with van der Waals surface area (Å²) in [6.07, 6.45) is 5.99. The Morgan fingerprint density at radius 1 is 1.00 bits per heavy atom. The molecule has 0 N–H and O–H groups in total. The summed E-state index contributed by atoms with van der Waals surface area (Å²) in [5, 5.41) is 0. The summed E-state index contributed by atoms with van der Waals surface area (Å²) >= 11 is 0. The highest BCUT2D eigenvalue weighted by molar-refractivity contribution is 5.87. The molecule has 0 rings (SSSR count). The first-order valence-corrected chi connectivity index (χ1v) is 4.72. The molecule has 0 unspecified atom stereocenters. The fourth-order valence-corrected chi connectivity index (χ4v) is 0.690. The first kappa shape index (κ1) is 15.3. The zero-order chi connectivity index (χ0) is 11.6. The van der Waals surface area contributed by atoms with Gasteiger partial charge in [0.2, 0.25) is 0 Å². The predicted octanol–water partition coefficient (Wildman–Crippen LogP) is 3.08. The van der Waals surface area contributed by atoms with Crippen molar-refractivity contribution in [2.24, 2.45) is 0 Å². The molecule has 2 heteroatoms. The van der Waals surface area contributed by atoms with Gasteiger partial charge >= 0.3 is 0 Å². The highest BCUT2D eigenvalue weighted by atomic mass is 16.1. The van der Waals surface area contributed by atoms with E-state index < -0.39 is 0 Å². The third-order valence-corrected chi connectivity index (χ3v) is 1.08. The smallest absolute Gasteiger partial charge is 0.152 e. The molecule has 0 heterocycles. The lowest BCUT2D eigenvalue weighted by molar-refractivity contribution is -0.113. The van der Waals surface area contributed by atoms with E-state index in [2.05, 4.69) is 0 Å². The van der Waals surface area contributed by atoms with Crippen LogP contribution in [0.4, 0.5) is 0 Å². The Labute approximate surface area is 86.7 Å². The van der Waals surface area contributed by atoms with Crippen molar-refractivity contribution in [3.63, 3.8) is 0 Å². The molecule has 0 saturated carbocycles. The molecule has 2 nitrogen and oxygen atoms in total. The van der Waals surface area contributed by atoms with Crippen LogP contribution in [-0.2, 0) is 9.59 Å². The highest BCUT2D eigenvalue weighted by Gasteiger charge is 1.80. The summed E-state index contributed by atoms with van der Waals surface area (Å²) in [4.78, 5) is 20.3. The Hall–Kier alpha value is -1.18. The van der Waals surface area contributed by atoms with Crippen LogP contribution in [0.2, 0.25) is 0 Å². The third kappa shape index (κ3) is 22.4. The van der Waals surface area contributed by atoms with Gasteiger partial charge in [0.25, 0.3) is 0 Å². The second kappa shape index (κ2) is 9.90. The molecule has 0 aromatic rings. The van der Waals surface area contributed by atoms with E-state index in [-0.39, 0.29) is 11.6 Å². The number of carbonyl (C=O) groups excluding carboxylic acids is 2. The zero-order valence-electron chi connectivity index (χ0n) is 9.76. The second-order valence-corrected chi connectivity index (χ2v) is 3.25. The molecule has 0 aliphatic rings. The van der Waals surface area contributed by atoms with Crippen molar-refractivity contribution in [2.45, 2.75) is 41.0 Å². The Morgan fingerprint density at radius 3 is 1.57 bits per heavy atom. The van der Waals surface area contributed by atoms with Gasteiger partial charge < -0.3 is 0 Å². The van der Waals surface area contributed by atoms with Gasteiger partial charge in [-0.25, -0.2) is 0 Å². The first-order chi connectivity index (χ1) is 6.40. The minimum Gasteiger partial charge on any atom is -0.295 e. The Kier molecular flexibility index (Phi) is 10.8. The van der Waals surface area contributed by atoms with Crippen molar-refractivity contribution < 1.29 is 9.59 Å². The highest BCUT2D eigenvalue weighted by Crippen LogP contribution is 1.86. The van der Waals surface area contributed by atoms with Crippen molar-refractivity contribution >= 4 is 11.6 Å². The van der Waals surface area contributed by atoms with Gasteiger partial charge in [-0.05, 0) is 46.3 Å². The minimum absolute atomic E-state index is 0.125. The van der Waals surface area contributed by atoms with E-state index in [1.165, 1.54) is 0 Å². The number of hydrogen-bond acceptors (Lipinski definition) is 2. The van der Waals surface area contributed by atoms with E-state index >= 15 is 0 Å². The Bertz CT molecular complexity index is 231. The van der Waals surface area contributed by atoms with Gasteiger partial charge in [-0.3, -0.25) is 9.59 Å². The van der Waals surface area contributed by atoms with Crippen LogP contribution in [0.3, 0.4) is 0 Å². The first-order valence-electron chi connectivity index (χ1n) is 4.72. The van der Waals surface area contributed by atoms with Crippen LogP contribution in [0, 0.1) is 0 Å². The van der Waals surface area contributed by atoms with E-state index in [1.54, 1.807) is 26.0 Å². The lowest BCUT2D eigenvalue weighted by atomic mass is 10.3. The van der Waals surface area contributed by atoms with Gasteiger partial charge in [0.1, 0.15) is 0 Å². The molecule has 0 spiro atoms. The average Bonchev–Trinajstić information content (AvgIpc) is 1.99. The molecule has 0 bridgehead atoms. The number of hydrogen-bond donors (Lipinski definition) is 0. The topological polar surface area (TPSA) is 34.1 Å². The number of allylic oxidation sites excluding steroid dienone is 4. The van der Waals surface area contributed by atoms with Crippen molar-refractivity contribution in [3.05, 3.63) is 23.8 Å². The van der Waals surface area contributed by atoms with Crippen LogP contribution in [0.5, 0.6) is 0 Å². The molecule has 14 heavy (non-hydrogen) atoms. The summed E-state index contributed by atoms with van der Waals surface area (Å²) < 4.78 is 0. The summed E-state index contributed by atoms with van der Waals surface area (Å²) in [7, 11) is 0. The van der Waals surface area contributed by atoms with Gasteiger partial charge in [0.05, 0.1) is 0 Å². The van der Waals surface area contributed by atoms with Crippen LogP contribution in [-0.4, -0.2) is 11.6 Å². The monoisotopic (exact) mass is 196 g/mol. The van der Waals surface area contributed by atoms with Crippen LogP contribution >= 0.6 is 0 Å². The number of rotatable bonds is 3. The molecule has 0 radical (unpaired) electrons. The third-order valence-electron chi connectivity index (χ3n) is 1.08. The predicted molar refractivity (Wildman–Crippen MR) is 60.2 cm³/mol. The second-order valence-electron chi connectivity index (χ2n) is 3.25. The zero-order valence-corrected chi connectivity index (χ0v) is 9.76. The van der Waals surface area contributed by atoms with E-state index in [1.807, 2.05) is 26.8 Å². The maximum atomic E-state index is 10.2. The van der Waals surface area contributed by atoms with Crippen LogP contribution in [0.1, 0.15) is 41.0 Å². The molecule has 0 aliphatic carbocycles. The number of ketones is 2. The van der Waals surface area contributed by atoms with Crippen molar-refractivity contribution in [1.82, 2.24) is 0 Å². The lowest BCUT2D eigenvalue weighted by Gasteiger charge is -1.80. The fourth-order valence-electron chi connectivity index (χ4n) is 0.690. The van der Waals surface area contributed by atoms with Crippen molar-refractivity contribution in [3.8, 4) is 0 Å². The summed E-state index contributed by atoms with van der Waals surface area (Å²) in [5.74, 6) is 0.252. The van der Waals surface area contributed by atoms with Gasteiger partial charge in [-0.2, -0.15) is 0 Å². The van der Waals surface area contributed by atoms with Gasteiger partial charge in [0, 0.05) is 0 Å². The minimum atomic E-state index is 0.125.